The summed E-state index contributed by atoms with van der Waals surface area (Å²) >= 11 is 7.72. The van der Waals surface area contributed by atoms with Crippen LogP contribution in [0.2, 0.25) is 5.02 Å². The Balaban J connectivity index is 2.46. The largest absolute Gasteiger partial charge is 0.398 e. The molecule has 0 unspecified atom stereocenters. The molecule has 0 heterocycles. The van der Waals surface area contributed by atoms with Gasteiger partial charge < -0.3 is 5.73 Å². The van der Waals surface area contributed by atoms with Gasteiger partial charge in [-0.15, -0.1) is 0 Å². The summed E-state index contributed by atoms with van der Waals surface area (Å²) in [6.07, 6.45) is 0. The number of sulfonamides is 1. The molecule has 2 aromatic carbocycles. The van der Waals surface area contributed by atoms with Gasteiger partial charge in [0.2, 0.25) is 0 Å². The highest BCUT2D eigenvalue weighted by atomic mass is 127. The molecular formula is C12H9ClFIN2O2S. The third-order valence-electron chi connectivity index (χ3n) is 2.44. The molecule has 0 aliphatic heterocycles. The number of nitrogens with two attached hydrogens (primary N) is 1. The van der Waals surface area contributed by atoms with E-state index in [4.69, 9.17) is 17.3 Å². The van der Waals surface area contributed by atoms with Gasteiger partial charge in [0.05, 0.1) is 11.4 Å². The molecule has 0 radical (unpaired) electrons. The van der Waals surface area contributed by atoms with E-state index < -0.39 is 20.7 Å². The summed E-state index contributed by atoms with van der Waals surface area (Å²) in [4.78, 5) is -0.564. The molecular weight excluding hydrogens is 418 g/mol. The second-order valence-corrected chi connectivity index (χ2v) is 7.11. The van der Waals surface area contributed by atoms with Crippen LogP contribution in [0.1, 0.15) is 0 Å². The molecule has 3 N–H and O–H groups in total. The Morgan fingerprint density at radius 2 is 1.95 bits per heavy atom. The summed E-state index contributed by atoms with van der Waals surface area (Å²) in [7, 11) is -4.11. The fourth-order valence-corrected chi connectivity index (χ4v) is 4.04. The van der Waals surface area contributed by atoms with Crippen molar-refractivity contribution < 1.29 is 12.8 Å². The van der Waals surface area contributed by atoms with E-state index in [1.165, 1.54) is 24.3 Å². The smallest absolute Gasteiger partial charge is 0.266 e. The van der Waals surface area contributed by atoms with Gasteiger partial charge in [-0.05, 0) is 52.9 Å². The van der Waals surface area contributed by atoms with E-state index in [1.807, 2.05) is 22.6 Å². The summed E-state index contributed by atoms with van der Waals surface area (Å²) in [5, 5.41) is 0.475. The van der Waals surface area contributed by atoms with Crippen molar-refractivity contribution in [3.63, 3.8) is 0 Å². The van der Waals surface area contributed by atoms with E-state index in [9.17, 15) is 12.8 Å². The lowest BCUT2D eigenvalue weighted by Crippen LogP contribution is -2.17. The zero-order chi connectivity index (χ0) is 14.9. The lowest BCUT2D eigenvalue weighted by molar-refractivity contribution is 0.572. The number of nitrogen functional groups attached to an aromatic ring is 1. The second-order valence-electron chi connectivity index (χ2n) is 3.89. The quantitative estimate of drug-likeness (QED) is 0.583. The van der Waals surface area contributed by atoms with Crippen LogP contribution in [-0.2, 0) is 10.0 Å². The van der Waals surface area contributed by atoms with E-state index in [0.29, 0.717) is 14.3 Å². The predicted molar refractivity (Wildman–Crippen MR) is 85.8 cm³/mol. The number of rotatable bonds is 3. The maximum Gasteiger partial charge on any atom is 0.266 e. The molecule has 0 amide bonds. The van der Waals surface area contributed by atoms with Crippen LogP contribution in [0.5, 0.6) is 0 Å². The molecule has 2 aromatic rings. The van der Waals surface area contributed by atoms with Gasteiger partial charge in [-0.2, -0.15) is 0 Å². The molecule has 0 aromatic heterocycles. The zero-order valence-corrected chi connectivity index (χ0v) is 13.6. The minimum Gasteiger partial charge on any atom is -0.398 e. The Morgan fingerprint density at radius 1 is 1.25 bits per heavy atom. The molecule has 0 atom stereocenters. The molecule has 0 fully saturated rings. The standard InChI is InChI=1S/C12H9ClFIN2O2S/c13-7-4-5-11(9(15)6-7)17-20(18,19)12-8(14)2-1-3-10(12)16/h1-6,17H,16H2. The fourth-order valence-electron chi connectivity index (χ4n) is 1.58. The summed E-state index contributed by atoms with van der Waals surface area (Å²) in [6, 6.07) is 8.33. The second kappa shape index (κ2) is 5.74. The molecule has 0 saturated carbocycles. The van der Waals surface area contributed by atoms with Crippen LogP contribution < -0.4 is 10.5 Å². The molecule has 8 heteroatoms. The topological polar surface area (TPSA) is 72.2 Å². The van der Waals surface area contributed by atoms with Crippen LogP contribution in [0.4, 0.5) is 15.8 Å². The molecule has 0 spiro atoms. The van der Waals surface area contributed by atoms with Crippen molar-refractivity contribution in [2.75, 3.05) is 10.5 Å². The summed E-state index contributed by atoms with van der Waals surface area (Å²) in [5.74, 6) is -0.901. The van der Waals surface area contributed by atoms with Crippen LogP contribution in [0.25, 0.3) is 0 Å². The summed E-state index contributed by atoms with van der Waals surface area (Å²) < 4.78 is 41.0. The van der Waals surface area contributed by atoms with Crippen LogP contribution in [0.3, 0.4) is 0 Å². The number of halogens is 3. The highest BCUT2D eigenvalue weighted by Crippen LogP contribution is 2.28. The number of nitrogens with one attached hydrogen (secondary N) is 1. The van der Waals surface area contributed by atoms with E-state index in [1.54, 1.807) is 6.07 Å². The Morgan fingerprint density at radius 3 is 2.55 bits per heavy atom. The van der Waals surface area contributed by atoms with Crippen LogP contribution in [0, 0.1) is 9.39 Å². The van der Waals surface area contributed by atoms with Crippen molar-refractivity contribution in [2.24, 2.45) is 0 Å². The first-order valence-corrected chi connectivity index (χ1v) is 8.27. The fraction of sp³-hybridized carbons (Fsp3) is 0. The zero-order valence-electron chi connectivity index (χ0n) is 9.90. The van der Waals surface area contributed by atoms with Crippen molar-refractivity contribution in [3.05, 3.63) is 50.8 Å². The van der Waals surface area contributed by atoms with Gasteiger partial charge >= 0.3 is 0 Å². The molecule has 106 valence electrons. The highest BCUT2D eigenvalue weighted by Gasteiger charge is 2.23. The third kappa shape index (κ3) is 3.15. The summed E-state index contributed by atoms with van der Waals surface area (Å²) in [6.45, 7) is 0. The first-order chi connectivity index (χ1) is 9.31. The molecule has 0 saturated heterocycles. The minimum absolute atomic E-state index is 0.151. The Bertz CT molecular complexity index is 748. The van der Waals surface area contributed by atoms with Crippen molar-refractivity contribution in [2.45, 2.75) is 4.90 Å². The van der Waals surface area contributed by atoms with Crippen molar-refractivity contribution in [1.29, 1.82) is 0 Å². The van der Waals surface area contributed by atoms with E-state index >= 15 is 0 Å². The Kier molecular flexibility index (Phi) is 4.40. The van der Waals surface area contributed by atoms with E-state index in [0.717, 1.165) is 6.07 Å². The predicted octanol–water partition coefficient (Wildman–Crippen LogP) is 3.47. The summed E-state index contributed by atoms with van der Waals surface area (Å²) in [5.41, 5.74) is 5.69. The number of anilines is 2. The maximum absolute atomic E-state index is 13.7. The molecule has 2 rings (SSSR count). The lowest BCUT2D eigenvalue weighted by Gasteiger charge is -2.12. The van der Waals surface area contributed by atoms with Gasteiger partial charge in [0, 0.05) is 8.59 Å². The normalized spacial score (nSPS) is 11.3. The minimum atomic E-state index is -4.11. The SMILES string of the molecule is Nc1cccc(F)c1S(=O)(=O)Nc1ccc(Cl)cc1I. The van der Waals surface area contributed by atoms with Gasteiger partial charge in [-0.3, -0.25) is 4.72 Å². The molecule has 0 aliphatic rings. The van der Waals surface area contributed by atoms with Gasteiger partial charge in [0.25, 0.3) is 10.0 Å². The molecule has 4 nitrogen and oxygen atoms in total. The van der Waals surface area contributed by atoms with Crippen LogP contribution >= 0.6 is 34.2 Å². The van der Waals surface area contributed by atoms with Gasteiger partial charge in [0.15, 0.2) is 0 Å². The van der Waals surface area contributed by atoms with Crippen molar-refractivity contribution >= 4 is 55.6 Å². The van der Waals surface area contributed by atoms with Crippen molar-refractivity contribution in [1.82, 2.24) is 0 Å². The van der Waals surface area contributed by atoms with Gasteiger partial charge in [-0.1, -0.05) is 17.7 Å². The van der Waals surface area contributed by atoms with Gasteiger partial charge in [-0.25, -0.2) is 12.8 Å². The first-order valence-electron chi connectivity index (χ1n) is 5.33. The Labute approximate surface area is 134 Å². The van der Waals surface area contributed by atoms with Gasteiger partial charge in [0.1, 0.15) is 10.7 Å². The van der Waals surface area contributed by atoms with E-state index in [2.05, 4.69) is 4.72 Å². The maximum atomic E-state index is 13.7. The number of hydrogen-bond donors (Lipinski definition) is 2. The first kappa shape index (κ1) is 15.3. The highest BCUT2D eigenvalue weighted by molar-refractivity contribution is 14.1. The van der Waals surface area contributed by atoms with E-state index in [-0.39, 0.29) is 5.69 Å². The average molecular weight is 427 g/mol. The Hall–Kier alpha value is -1.06. The van der Waals surface area contributed by atoms with Crippen molar-refractivity contribution in [3.8, 4) is 0 Å². The molecule has 0 aliphatic carbocycles. The monoisotopic (exact) mass is 426 g/mol. The lowest BCUT2D eigenvalue weighted by atomic mass is 10.3. The third-order valence-corrected chi connectivity index (χ3v) is 5.03. The number of benzene rings is 2. The van der Waals surface area contributed by atoms with Crippen LogP contribution in [0.15, 0.2) is 41.3 Å². The molecule has 20 heavy (non-hydrogen) atoms. The average Bonchev–Trinajstić information content (AvgIpc) is 2.32. The van der Waals surface area contributed by atoms with Crippen LogP contribution in [-0.4, -0.2) is 8.42 Å². The molecule has 0 bridgehead atoms. The number of hydrogen-bond acceptors (Lipinski definition) is 3.